The van der Waals surface area contributed by atoms with Crippen LogP contribution in [0.1, 0.15) is 24.0 Å². The van der Waals surface area contributed by atoms with Crippen molar-refractivity contribution in [3.05, 3.63) is 53.9 Å². The van der Waals surface area contributed by atoms with Crippen LogP contribution in [0.2, 0.25) is 0 Å². The number of ether oxygens (including phenoxy) is 1. The molecular formula is C17H25N3O. The van der Waals surface area contributed by atoms with Crippen molar-refractivity contribution in [1.29, 1.82) is 0 Å². The topological polar surface area (TPSA) is 39.1 Å². The van der Waals surface area contributed by atoms with Gasteiger partial charge in [0.05, 0.1) is 12.8 Å². The zero-order chi connectivity index (χ0) is 14.8. The monoisotopic (exact) mass is 287 g/mol. The first-order valence-corrected chi connectivity index (χ1v) is 7.63. The van der Waals surface area contributed by atoms with Gasteiger partial charge in [-0.2, -0.15) is 5.10 Å². The minimum atomic E-state index is 0.744. The second-order valence-corrected chi connectivity index (χ2v) is 5.22. The number of rotatable bonds is 10. The van der Waals surface area contributed by atoms with E-state index in [0.29, 0.717) is 0 Å². The van der Waals surface area contributed by atoms with Gasteiger partial charge in [-0.1, -0.05) is 30.3 Å². The number of aromatic nitrogens is 2. The zero-order valence-corrected chi connectivity index (χ0v) is 12.8. The summed E-state index contributed by atoms with van der Waals surface area (Å²) in [6.45, 7) is 3.46. The molecule has 0 radical (unpaired) electrons. The van der Waals surface area contributed by atoms with Crippen molar-refractivity contribution in [2.24, 2.45) is 0 Å². The van der Waals surface area contributed by atoms with E-state index < -0.39 is 0 Å². The maximum atomic E-state index is 5.00. The molecule has 4 heteroatoms. The Morgan fingerprint density at radius 1 is 1.14 bits per heavy atom. The molecule has 114 valence electrons. The van der Waals surface area contributed by atoms with Crippen molar-refractivity contribution < 1.29 is 4.74 Å². The molecule has 4 nitrogen and oxygen atoms in total. The molecular weight excluding hydrogens is 262 g/mol. The molecule has 0 bridgehead atoms. The lowest BCUT2D eigenvalue weighted by Crippen LogP contribution is -2.18. The molecule has 0 aliphatic heterocycles. The van der Waals surface area contributed by atoms with Gasteiger partial charge in [0.1, 0.15) is 0 Å². The van der Waals surface area contributed by atoms with Crippen molar-refractivity contribution in [3.8, 4) is 0 Å². The lowest BCUT2D eigenvalue weighted by molar-refractivity contribution is 0.199. The standard InChI is InChI=1S/C17H25N3O/c1-21-12-10-18-13-17-14-19-20(15-17)11-6-5-9-16-7-3-2-4-8-16/h2-4,7-8,14-15,18H,5-6,9-13H2,1H3. The number of nitrogens with one attached hydrogen (secondary N) is 1. The fourth-order valence-corrected chi connectivity index (χ4v) is 2.27. The molecule has 1 aromatic carbocycles. The highest BCUT2D eigenvalue weighted by Gasteiger charge is 1.99. The molecule has 0 saturated heterocycles. The number of aryl methyl sites for hydroxylation is 2. The number of hydrogen-bond acceptors (Lipinski definition) is 3. The highest BCUT2D eigenvalue weighted by molar-refractivity contribution is 5.14. The summed E-state index contributed by atoms with van der Waals surface area (Å²) in [5.41, 5.74) is 2.65. The van der Waals surface area contributed by atoms with Crippen molar-refractivity contribution in [3.63, 3.8) is 0 Å². The molecule has 0 unspecified atom stereocenters. The number of unbranched alkanes of at least 4 members (excludes halogenated alkanes) is 1. The average Bonchev–Trinajstić information content (AvgIpc) is 2.97. The SMILES string of the molecule is COCCNCc1cnn(CCCCc2ccccc2)c1. The Hall–Kier alpha value is -1.65. The molecule has 0 fully saturated rings. The van der Waals surface area contributed by atoms with Crippen molar-refractivity contribution in [2.75, 3.05) is 20.3 Å². The van der Waals surface area contributed by atoms with Crippen LogP contribution < -0.4 is 5.32 Å². The van der Waals surface area contributed by atoms with Gasteiger partial charge in [-0.15, -0.1) is 0 Å². The summed E-state index contributed by atoms with van der Waals surface area (Å²) in [4.78, 5) is 0. The summed E-state index contributed by atoms with van der Waals surface area (Å²) in [6, 6.07) is 10.7. The van der Waals surface area contributed by atoms with E-state index in [9.17, 15) is 0 Å². The molecule has 1 heterocycles. The smallest absolute Gasteiger partial charge is 0.0587 e. The van der Waals surface area contributed by atoms with Crippen molar-refractivity contribution in [1.82, 2.24) is 15.1 Å². The number of hydrogen-bond donors (Lipinski definition) is 1. The number of methoxy groups -OCH3 is 1. The molecule has 1 aromatic heterocycles. The fourth-order valence-electron chi connectivity index (χ4n) is 2.27. The Kier molecular flexibility index (Phi) is 6.98. The minimum absolute atomic E-state index is 0.744. The van der Waals surface area contributed by atoms with Gasteiger partial charge < -0.3 is 10.1 Å². The van der Waals surface area contributed by atoms with Gasteiger partial charge in [0.15, 0.2) is 0 Å². The van der Waals surface area contributed by atoms with Gasteiger partial charge in [0.2, 0.25) is 0 Å². The van der Waals surface area contributed by atoms with Crippen LogP contribution in [0.5, 0.6) is 0 Å². The maximum Gasteiger partial charge on any atom is 0.0587 e. The predicted octanol–water partition coefficient (Wildman–Crippen LogP) is 2.64. The summed E-state index contributed by atoms with van der Waals surface area (Å²) in [5.74, 6) is 0. The van der Waals surface area contributed by atoms with Crippen LogP contribution in [0.25, 0.3) is 0 Å². The summed E-state index contributed by atoms with van der Waals surface area (Å²) in [7, 11) is 1.72. The molecule has 0 aliphatic carbocycles. The van der Waals surface area contributed by atoms with Crippen LogP contribution in [0.4, 0.5) is 0 Å². The minimum Gasteiger partial charge on any atom is -0.383 e. The summed E-state index contributed by atoms with van der Waals surface area (Å²) in [5, 5.41) is 7.73. The Morgan fingerprint density at radius 3 is 2.81 bits per heavy atom. The lowest BCUT2D eigenvalue weighted by atomic mass is 10.1. The van der Waals surface area contributed by atoms with Crippen LogP contribution in [-0.4, -0.2) is 30.0 Å². The third-order valence-electron chi connectivity index (χ3n) is 3.44. The first kappa shape index (κ1) is 15.7. The van der Waals surface area contributed by atoms with Crippen LogP contribution in [0.15, 0.2) is 42.7 Å². The van der Waals surface area contributed by atoms with Crippen LogP contribution in [0, 0.1) is 0 Å². The molecule has 2 aromatic rings. The Balaban J connectivity index is 1.61. The van der Waals surface area contributed by atoms with Crippen LogP contribution in [0.3, 0.4) is 0 Å². The summed E-state index contributed by atoms with van der Waals surface area (Å²) in [6.07, 6.45) is 7.57. The highest BCUT2D eigenvalue weighted by Crippen LogP contribution is 2.06. The van der Waals surface area contributed by atoms with E-state index in [4.69, 9.17) is 4.74 Å². The van der Waals surface area contributed by atoms with E-state index in [-0.39, 0.29) is 0 Å². The molecule has 0 spiro atoms. The van der Waals surface area contributed by atoms with E-state index in [2.05, 4.69) is 46.9 Å². The molecule has 0 saturated carbocycles. The van der Waals surface area contributed by atoms with E-state index in [1.807, 2.05) is 10.9 Å². The average molecular weight is 287 g/mol. The second-order valence-electron chi connectivity index (χ2n) is 5.22. The third-order valence-corrected chi connectivity index (χ3v) is 3.44. The molecule has 21 heavy (non-hydrogen) atoms. The molecule has 0 aliphatic rings. The Bertz CT molecular complexity index is 496. The van der Waals surface area contributed by atoms with Gasteiger partial charge in [-0.3, -0.25) is 4.68 Å². The van der Waals surface area contributed by atoms with Gasteiger partial charge >= 0.3 is 0 Å². The number of benzene rings is 1. The van der Waals surface area contributed by atoms with Gasteiger partial charge in [0, 0.05) is 38.5 Å². The summed E-state index contributed by atoms with van der Waals surface area (Å²) < 4.78 is 7.04. The van der Waals surface area contributed by atoms with E-state index in [1.165, 1.54) is 17.5 Å². The molecule has 1 N–H and O–H groups in total. The molecule has 2 rings (SSSR count). The zero-order valence-electron chi connectivity index (χ0n) is 12.8. The molecule has 0 amide bonds. The second kappa shape index (κ2) is 9.32. The van der Waals surface area contributed by atoms with Gasteiger partial charge in [-0.05, 0) is 24.8 Å². The third kappa shape index (κ3) is 6.10. The van der Waals surface area contributed by atoms with E-state index in [0.717, 1.165) is 39.1 Å². The van der Waals surface area contributed by atoms with Crippen molar-refractivity contribution >= 4 is 0 Å². The fraction of sp³-hybridized carbons (Fsp3) is 0.471. The normalized spacial score (nSPS) is 10.9. The van der Waals surface area contributed by atoms with Gasteiger partial charge in [0.25, 0.3) is 0 Å². The van der Waals surface area contributed by atoms with Crippen LogP contribution in [-0.2, 0) is 24.2 Å². The first-order valence-electron chi connectivity index (χ1n) is 7.63. The van der Waals surface area contributed by atoms with Gasteiger partial charge in [-0.25, -0.2) is 0 Å². The lowest BCUT2D eigenvalue weighted by Gasteiger charge is -2.03. The Labute approximate surface area is 127 Å². The van der Waals surface area contributed by atoms with E-state index in [1.54, 1.807) is 7.11 Å². The Morgan fingerprint density at radius 2 is 2.00 bits per heavy atom. The highest BCUT2D eigenvalue weighted by atomic mass is 16.5. The first-order chi connectivity index (χ1) is 10.4. The van der Waals surface area contributed by atoms with E-state index >= 15 is 0 Å². The largest absolute Gasteiger partial charge is 0.383 e. The molecule has 0 atom stereocenters. The van der Waals surface area contributed by atoms with Crippen LogP contribution >= 0.6 is 0 Å². The quantitative estimate of drug-likeness (QED) is 0.683. The summed E-state index contributed by atoms with van der Waals surface area (Å²) >= 11 is 0. The van der Waals surface area contributed by atoms with Crippen molar-refractivity contribution in [2.45, 2.75) is 32.4 Å². The number of nitrogens with zero attached hydrogens (tertiary/aromatic N) is 2. The predicted molar refractivity (Wildman–Crippen MR) is 85.2 cm³/mol. The maximum absolute atomic E-state index is 5.00.